The Bertz CT molecular complexity index is 297. The van der Waals surface area contributed by atoms with Gasteiger partial charge >= 0.3 is 0 Å². The van der Waals surface area contributed by atoms with E-state index in [1.807, 2.05) is 12.1 Å². The van der Waals surface area contributed by atoms with Crippen LogP contribution in [0.3, 0.4) is 0 Å². The summed E-state index contributed by atoms with van der Waals surface area (Å²) in [7, 11) is 0. The fraction of sp³-hybridized carbons (Fsp3) is 0.444. The third-order valence-electron chi connectivity index (χ3n) is 2.47. The van der Waals surface area contributed by atoms with E-state index in [9.17, 15) is 0 Å². The van der Waals surface area contributed by atoms with E-state index < -0.39 is 0 Å². The van der Waals surface area contributed by atoms with E-state index >= 15 is 0 Å². The number of hydrogen-bond donors (Lipinski definition) is 1. The lowest BCUT2D eigenvalue weighted by atomic mass is 9.75. The Balaban J connectivity index is 0.000000845. The predicted octanol–water partition coefficient (Wildman–Crippen LogP) is 2.49. The summed E-state index contributed by atoms with van der Waals surface area (Å²) in [4.78, 5) is 4.21. The van der Waals surface area contributed by atoms with Crippen LogP contribution >= 0.6 is 24.0 Å². The van der Waals surface area contributed by atoms with E-state index in [0.29, 0.717) is 5.15 Å². The highest BCUT2D eigenvalue weighted by atomic mass is 35.5. The van der Waals surface area contributed by atoms with Gasteiger partial charge in [-0.25, -0.2) is 4.98 Å². The normalized spacial score (nSPS) is 18.6. The molecule has 13 heavy (non-hydrogen) atoms. The molecular formula is C9H12Cl2N2. The molecule has 0 bridgehead atoms. The summed E-state index contributed by atoms with van der Waals surface area (Å²) >= 11 is 5.77. The van der Waals surface area contributed by atoms with Crippen molar-refractivity contribution in [2.45, 2.75) is 24.8 Å². The number of nitrogens with zero attached hydrogens (tertiary/aromatic N) is 1. The first kappa shape index (κ1) is 10.8. The van der Waals surface area contributed by atoms with E-state index in [1.165, 1.54) is 6.42 Å². The number of nitrogens with two attached hydrogens (primary N) is 1. The fourth-order valence-corrected chi connectivity index (χ4v) is 1.66. The quantitative estimate of drug-likeness (QED) is 0.737. The number of halogens is 2. The van der Waals surface area contributed by atoms with Gasteiger partial charge < -0.3 is 5.73 Å². The standard InChI is InChI=1S/C9H11ClN2.ClH/c10-8-4-1-3-7(12-8)9(11)5-2-6-9;/h1,3-4H,2,5-6,11H2;1H. The zero-order valence-corrected chi connectivity index (χ0v) is 8.74. The van der Waals surface area contributed by atoms with Crippen LogP contribution in [-0.4, -0.2) is 4.98 Å². The maximum atomic E-state index is 6.07. The molecular weight excluding hydrogens is 207 g/mol. The molecule has 1 saturated carbocycles. The molecule has 1 heterocycles. The van der Waals surface area contributed by atoms with Gasteiger partial charge in [-0.05, 0) is 31.4 Å². The maximum absolute atomic E-state index is 6.07. The predicted molar refractivity (Wildman–Crippen MR) is 56.2 cm³/mol. The lowest BCUT2D eigenvalue weighted by Crippen LogP contribution is -2.43. The minimum Gasteiger partial charge on any atom is -0.320 e. The van der Waals surface area contributed by atoms with Gasteiger partial charge in [0.1, 0.15) is 5.15 Å². The van der Waals surface area contributed by atoms with Crippen LogP contribution in [0.2, 0.25) is 5.15 Å². The molecule has 0 spiro atoms. The van der Waals surface area contributed by atoms with Crippen LogP contribution in [-0.2, 0) is 5.54 Å². The van der Waals surface area contributed by atoms with Crippen LogP contribution in [0, 0.1) is 0 Å². The topological polar surface area (TPSA) is 38.9 Å². The highest BCUT2D eigenvalue weighted by molar-refractivity contribution is 6.29. The third-order valence-corrected chi connectivity index (χ3v) is 2.68. The first-order valence-electron chi connectivity index (χ1n) is 4.13. The SMILES string of the molecule is Cl.NC1(c2cccc(Cl)n2)CCC1. The summed E-state index contributed by atoms with van der Waals surface area (Å²) in [5.41, 5.74) is 6.81. The van der Waals surface area contributed by atoms with Gasteiger partial charge in [-0.15, -0.1) is 12.4 Å². The van der Waals surface area contributed by atoms with Gasteiger partial charge in [-0.1, -0.05) is 17.7 Å². The first-order chi connectivity index (χ1) is 5.71. The van der Waals surface area contributed by atoms with Gasteiger partial charge in [0.05, 0.1) is 11.2 Å². The molecule has 1 fully saturated rings. The van der Waals surface area contributed by atoms with Gasteiger partial charge in [-0.3, -0.25) is 0 Å². The van der Waals surface area contributed by atoms with Crippen LogP contribution in [0.4, 0.5) is 0 Å². The molecule has 0 aliphatic heterocycles. The second-order valence-corrected chi connectivity index (χ2v) is 3.74. The molecule has 0 atom stereocenters. The van der Waals surface area contributed by atoms with Gasteiger partial charge in [0.25, 0.3) is 0 Å². The summed E-state index contributed by atoms with van der Waals surface area (Å²) in [5.74, 6) is 0. The Morgan fingerprint density at radius 1 is 1.38 bits per heavy atom. The lowest BCUT2D eigenvalue weighted by Gasteiger charge is -2.37. The molecule has 2 N–H and O–H groups in total. The van der Waals surface area contributed by atoms with Crippen molar-refractivity contribution in [3.05, 3.63) is 29.0 Å². The molecule has 0 unspecified atom stereocenters. The number of aromatic nitrogens is 1. The molecule has 72 valence electrons. The second-order valence-electron chi connectivity index (χ2n) is 3.36. The highest BCUT2D eigenvalue weighted by Gasteiger charge is 2.35. The largest absolute Gasteiger partial charge is 0.320 e. The van der Waals surface area contributed by atoms with E-state index in [-0.39, 0.29) is 17.9 Å². The van der Waals surface area contributed by atoms with Crippen molar-refractivity contribution in [2.75, 3.05) is 0 Å². The fourth-order valence-electron chi connectivity index (χ4n) is 1.50. The molecule has 2 rings (SSSR count). The molecule has 0 amide bonds. The summed E-state index contributed by atoms with van der Waals surface area (Å²) in [6.07, 6.45) is 3.26. The average Bonchev–Trinajstić information content (AvgIpc) is 2.00. The number of hydrogen-bond acceptors (Lipinski definition) is 2. The highest BCUT2D eigenvalue weighted by Crippen LogP contribution is 2.37. The molecule has 0 aromatic carbocycles. The van der Waals surface area contributed by atoms with Crippen molar-refractivity contribution in [1.29, 1.82) is 0 Å². The Morgan fingerprint density at radius 3 is 2.54 bits per heavy atom. The summed E-state index contributed by atoms with van der Waals surface area (Å²) in [5, 5.41) is 0.532. The Morgan fingerprint density at radius 2 is 2.08 bits per heavy atom. The first-order valence-corrected chi connectivity index (χ1v) is 4.50. The van der Waals surface area contributed by atoms with Crippen LogP contribution in [0.5, 0.6) is 0 Å². The zero-order chi connectivity index (χ0) is 8.60. The third kappa shape index (κ3) is 1.96. The van der Waals surface area contributed by atoms with Crippen molar-refractivity contribution in [3.63, 3.8) is 0 Å². The summed E-state index contributed by atoms with van der Waals surface area (Å²) < 4.78 is 0. The monoisotopic (exact) mass is 218 g/mol. The van der Waals surface area contributed by atoms with Gasteiger partial charge in [0.2, 0.25) is 0 Å². The Labute approximate surface area is 88.9 Å². The second kappa shape index (κ2) is 3.82. The Hall–Kier alpha value is -0.310. The van der Waals surface area contributed by atoms with Gasteiger partial charge in [0.15, 0.2) is 0 Å². The molecule has 1 aliphatic rings. The van der Waals surface area contributed by atoms with Crippen LogP contribution < -0.4 is 5.73 Å². The van der Waals surface area contributed by atoms with Crippen molar-refractivity contribution in [3.8, 4) is 0 Å². The maximum Gasteiger partial charge on any atom is 0.129 e. The van der Waals surface area contributed by atoms with Crippen LogP contribution in [0.1, 0.15) is 25.0 Å². The molecule has 0 saturated heterocycles. The van der Waals surface area contributed by atoms with Crippen molar-refractivity contribution >= 4 is 24.0 Å². The van der Waals surface area contributed by atoms with Gasteiger partial charge in [-0.2, -0.15) is 0 Å². The minimum absolute atomic E-state index is 0. The van der Waals surface area contributed by atoms with E-state index in [2.05, 4.69) is 4.98 Å². The van der Waals surface area contributed by atoms with Gasteiger partial charge in [0, 0.05) is 0 Å². The molecule has 1 aromatic heterocycles. The number of pyridine rings is 1. The van der Waals surface area contributed by atoms with Crippen molar-refractivity contribution < 1.29 is 0 Å². The molecule has 2 nitrogen and oxygen atoms in total. The van der Waals surface area contributed by atoms with Crippen molar-refractivity contribution in [1.82, 2.24) is 4.98 Å². The molecule has 1 aromatic rings. The summed E-state index contributed by atoms with van der Waals surface area (Å²) in [6, 6.07) is 5.62. The zero-order valence-electron chi connectivity index (χ0n) is 7.16. The lowest BCUT2D eigenvalue weighted by molar-refractivity contribution is 0.246. The molecule has 1 aliphatic carbocycles. The number of rotatable bonds is 1. The van der Waals surface area contributed by atoms with E-state index in [1.54, 1.807) is 6.07 Å². The van der Waals surface area contributed by atoms with Crippen molar-refractivity contribution in [2.24, 2.45) is 5.73 Å². The van der Waals surface area contributed by atoms with E-state index in [0.717, 1.165) is 18.5 Å². The van der Waals surface area contributed by atoms with E-state index in [4.69, 9.17) is 17.3 Å². The van der Waals surface area contributed by atoms with Crippen LogP contribution in [0.25, 0.3) is 0 Å². The summed E-state index contributed by atoms with van der Waals surface area (Å²) in [6.45, 7) is 0. The smallest absolute Gasteiger partial charge is 0.129 e. The molecule has 4 heteroatoms. The average molecular weight is 219 g/mol. The van der Waals surface area contributed by atoms with Crippen LogP contribution in [0.15, 0.2) is 18.2 Å². The minimum atomic E-state index is -0.190. The Kier molecular flexibility index (Phi) is 3.17. The molecule has 0 radical (unpaired) electrons.